The summed E-state index contributed by atoms with van der Waals surface area (Å²) in [6.07, 6.45) is 2.84. The van der Waals surface area contributed by atoms with Gasteiger partial charge in [-0.1, -0.05) is 6.92 Å². The van der Waals surface area contributed by atoms with Crippen LogP contribution in [0.3, 0.4) is 0 Å². The minimum absolute atomic E-state index is 0.0214. The van der Waals surface area contributed by atoms with Crippen LogP contribution in [0, 0.1) is 6.92 Å². The molecule has 1 saturated heterocycles. The maximum Gasteiger partial charge on any atom is 0.252 e. The molecule has 0 aromatic carbocycles. The number of fused-ring (bicyclic) bond motifs is 1. The molecule has 2 atom stereocenters. The van der Waals surface area contributed by atoms with Gasteiger partial charge in [0.1, 0.15) is 5.69 Å². The lowest BCUT2D eigenvalue weighted by Gasteiger charge is -2.14. The Morgan fingerprint density at radius 1 is 1.45 bits per heavy atom. The van der Waals surface area contributed by atoms with Crippen LogP contribution in [0.2, 0.25) is 0 Å². The van der Waals surface area contributed by atoms with E-state index in [0.29, 0.717) is 40.2 Å². The molecule has 0 bridgehead atoms. The monoisotopic (exact) mass is 416 g/mol. The lowest BCUT2D eigenvalue weighted by Crippen LogP contribution is -2.32. The van der Waals surface area contributed by atoms with Crippen LogP contribution in [0.1, 0.15) is 48.8 Å². The van der Waals surface area contributed by atoms with Crippen molar-refractivity contribution in [1.82, 2.24) is 20.1 Å². The van der Waals surface area contributed by atoms with E-state index in [1.165, 1.54) is 0 Å². The van der Waals surface area contributed by atoms with Crippen LogP contribution in [0.25, 0.3) is 22.5 Å². The molecule has 0 aliphatic carbocycles. The van der Waals surface area contributed by atoms with E-state index in [9.17, 15) is 13.2 Å². The Morgan fingerprint density at radius 3 is 2.86 bits per heavy atom. The van der Waals surface area contributed by atoms with Crippen LogP contribution < -0.4 is 5.32 Å². The summed E-state index contributed by atoms with van der Waals surface area (Å²) >= 11 is 0. The third-order valence-electron chi connectivity index (χ3n) is 5.40. The number of nitrogens with one attached hydrogen (secondary N) is 1. The average molecular weight is 417 g/mol. The van der Waals surface area contributed by atoms with Gasteiger partial charge in [0.25, 0.3) is 5.91 Å². The Balaban J connectivity index is 1.91. The molecular weight excluding hydrogens is 392 g/mol. The molecule has 3 aromatic rings. The summed E-state index contributed by atoms with van der Waals surface area (Å²) in [5.41, 5.74) is 2.13. The fourth-order valence-electron chi connectivity index (χ4n) is 3.67. The Bertz CT molecular complexity index is 1170. The molecular formula is C20H24N4O4S. The van der Waals surface area contributed by atoms with E-state index in [1.54, 1.807) is 29.1 Å². The molecule has 1 aliphatic heterocycles. The van der Waals surface area contributed by atoms with Crippen LogP contribution in [0.5, 0.6) is 0 Å². The van der Waals surface area contributed by atoms with Gasteiger partial charge in [0, 0.05) is 6.04 Å². The highest BCUT2D eigenvalue weighted by molar-refractivity contribution is 7.91. The van der Waals surface area contributed by atoms with E-state index in [0.717, 1.165) is 6.42 Å². The van der Waals surface area contributed by atoms with Crippen molar-refractivity contribution in [2.45, 2.75) is 45.7 Å². The highest BCUT2D eigenvalue weighted by atomic mass is 32.2. The normalized spacial score (nSPS) is 19.5. The summed E-state index contributed by atoms with van der Waals surface area (Å²) in [4.78, 5) is 17.7. The molecule has 8 nitrogen and oxygen atoms in total. The molecule has 0 saturated carbocycles. The van der Waals surface area contributed by atoms with Gasteiger partial charge in [-0.2, -0.15) is 5.10 Å². The van der Waals surface area contributed by atoms with E-state index < -0.39 is 9.84 Å². The van der Waals surface area contributed by atoms with Crippen LogP contribution in [0.15, 0.2) is 28.9 Å². The Hall–Kier alpha value is -2.68. The largest absolute Gasteiger partial charge is 0.463 e. The number of hydrogen-bond acceptors (Lipinski definition) is 6. The highest BCUT2D eigenvalue weighted by Gasteiger charge is 2.32. The first kappa shape index (κ1) is 19.6. The summed E-state index contributed by atoms with van der Waals surface area (Å²) in [7, 11) is -3.09. The minimum Gasteiger partial charge on any atom is -0.463 e. The molecule has 29 heavy (non-hydrogen) atoms. The first-order valence-corrected chi connectivity index (χ1v) is 11.6. The molecule has 1 N–H and O–H groups in total. The lowest BCUT2D eigenvalue weighted by molar-refractivity contribution is 0.0941. The van der Waals surface area contributed by atoms with Gasteiger partial charge < -0.3 is 9.73 Å². The fraction of sp³-hybridized carbons (Fsp3) is 0.450. The maximum atomic E-state index is 13.0. The van der Waals surface area contributed by atoms with Crippen molar-refractivity contribution in [2.24, 2.45) is 0 Å². The second-order valence-corrected chi connectivity index (χ2v) is 9.83. The van der Waals surface area contributed by atoms with Crippen LogP contribution in [-0.2, 0) is 9.84 Å². The van der Waals surface area contributed by atoms with Crippen molar-refractivity contribution < 1.29 is 17.6 Å². The Morgan fingerprint density at radius 2 is 2.24 bits per heavy atom. The van der Waals surface area contributed by atoms with Crippen molar-refractivity contribution in [1.29, 1.82) is 0 Å². The standard InChI is InChI=1S/C20H24N4O4S/c1-4-12(2)21-20(25)15-10-16(17-6-5-8-28-17)22-19-18(15)13(3)23-24(19)14-7-9-29(26,27)11-14/h5-6,8,10,12,14H,4,7,9,11H2,1-3H3,(H,21,25). The number of carbonyl (C=O) groups is 1. The number of hydrogen-bond donors (Lipinski definition) is 1. The number of furan rings is 1. The molecule has 1 amide bonds. The third-order valence-corrected chi connectivity index (χ3v) is 7.15. The minimum atomic E-state index is -3.09. The molecule has 0 radical (unpaired) electrons. The van der Waals surface area contributed by atoms with E-state index in [1.807, 2.05) is 20.8 Å². The molecule has 154 valence electrons. The number of pyridine rings is 1. The second kappa shape index (κ2) is 7.29. The van der Waals surface area contributed by atoms with Gasteiger partial charge in [-0.25, -0.2) is 18.1 Å². The van der Waals surface area contributed by atoms with Gasteiger partial charge >= 0.3 is 0 Å². The van der Waals surface area contributed by atoms with E-state index in [4.69, 9.17) is 9.40 Å². The number of sulfone groups is 1. The van der Waals surface area contributed by atoms with E-state index in [2.05, 4.69) is 10.4 Å². The molecule has 1 fully saturated rings. The van der Waals surface area contributed by atoms with Crippen molar-refractivity contribution in [3.05, 3.63) is 35.7 Å². The SMILES string of the molecule is CCC(C)NC(=O)c1cc(-c2ccco2)nc2c1c(C)nn2C1CCS(=O)(=O)C1. The zero-order valence-electron chi connectivity index (χ0n) is 16.7. The molecule has 4 heterocycles. The lowest BCUT2D eigenvalue weighted by atomic mass is 10.1. The first-order valence-electron chi connectivity index (χ1n) is 9.74. The smallest absolute Gasteiger partial charge is 0.252 e. The van der Waals surface area contributed by atoms with Gasteiger partial charge in [-0.3, -0.25) is 4.79 Å². The maximum absolute atomic E-state index is 13.0. The number of amides is 1. The number of carbonyl (C=O) groups excluding carboxylic acids is 1. The Kier molecular flexibility index (Phi) is 4.94. The summed E-state index contributed by atoms with van der Waals surface area (Å²) in [5.74, 6) is 0.497. The van der Waals surface area contributed by atoms with Crippen LogP contribution in [-0.4, -0.2) is 46.6 Å². The molecule has 0 spiro atoms. The van der Waals surface area contributed by atoms with E-state index in [-0.39, 0.29) is 29.5 Å². The van der Waals surface area contributed by atoms with Gasteiger partial charge in [-0.05, 0) is 44.9 Å². The van der Waals surface area contributed by atoms with Crippen molar-refractivity contribution in [3.63, 3.8) is 0 Å². The number of aromatic nitrogens is 3. The van der Waals surface area contributed by atoms with Gasteiger partial charge in [0.2, 0.25) is 0 Å². The van der Waals surface area contributed by atoms with Crippen LogP contribution >= 0.6 is 0 Å². The van der Waals surface area contributed by atoms with Gasteiger partial charge in [0.15, 0.2) is 21.2 Å². The summed E-state index contributed by atoms with van der Waals surface area (Å²) in [5, 5.41) is 8.22. The predicted octanol–water partition coefficient (Wildman–Crippen LogP) is 2.89. The second-order valence-electron chi connectivity index (χ2n) is 7.60. The molecule has 4 rings (SSSR count). The molecule has 3 aromatic heterocycles. The fourth-order valence-corrected chi connectivity index (χ4v) is 5.36. The predicted molar refractivity (Wildman–Crippen MR) is 109 cm³/mol. The van der Waals surface area contributed by atoms with Gasteiger partial charge in [0.05, 0.1) is 40.5 Å². The zero-order chi connectivity index (χ0) is 20.8. The summed E-state index contributed by atoms with van der Waals surface area (Å²) in [6, 6.07) is 4.97. The first-order chi connectivity index (χ1) is 13.8. The summed E-state index contributed by atoms with van der Waals surface area (Å²) in [6.45, 7) is 5.77. The van der Waals surface area contributed by atoms with E-state index >= 15 is 0 Å². The molecule has 1 aliphatic rings. The van der Waals surface area contributed by atoms with Crippen molar-refractivity contribution >= 4 is 26.8 Å². The highest BCUT2D eigenvalue weighted by Crippen LogP contribution is 2.32. The third kappa shape index (κ3) is 3.66. The van der Waals surface area contributed by atoms with Gasteiger partial charge in [-0.15, -0.1) is 0 Å². The average Bonchev–Trinajstić information content (AvgIpc) is 3.40. The number of nitrogens with zero attached hydrogens (tertiary/aromatic N) is 3. The van der Waals surface area contributed by atoms with Crippen LogP contribution in [0.4, 0.5) is 0 Å². The number of aryl methyl sites for hydroxylation is 1. The molecule has 9 heteroatoms. The topological polar surface area (TPSA) is 107 Å². The number of rotatable bonds is 5. The quantitative estimate of drug-likeness (QED) is 0.685. The molecule has 2 unspecified atom stereocenters. The zero-order valence-corrected chi connectivity index (χ0v) is 17.5. The van der Waals surface area contributed by atoms with Crippen molar-refractivity contribution in [3.8, 4) is 11.5 Å². The Labute approximate surface area is 169 Å². The summed E-state index contributed by atoms with van der Waals surface area (Å²) < 4.78 is 31.2. The van der Waals surface area contributed by atoms with Crippen molar-refractivity contribution in [2.75, 3.05) is 11.5 Å².